The van der Waals surface area contributed by atoms with Crippen LogP contribution in [0.4, 0.5) is 10.7 Å². The molecular weight excluding hydrogens is 392 g/mol. The molecule has 0 fully saturated rings. The van der Waals surface area contributed by atoms with Crippen LogP contribution >= 0.6 is 11.3 Å². The Kier molecular flexibility index (Phi) is 5.73. The second-order valence-electron chi connectivity index (χ2n) is 8.13. The lowest BCUT2D eigenvalue weighted by molar-refractivity contribution is 0.102. The monoisotopic (exact) mass is 418 g/mol. The van der Waals surface area contributed by atoms with E-state index in [0.717, 1.165) is 36.1 Å². The highest BCUT2D eigenvalue weighted by Gasteiger charge is 2.28. The van der Waals surface area contributed by atoms with Crippen molar-refractivity contribution in [1.82, 2.24) is 0 Å². The van der Waals surface area contributed by atoms with Gasteiger partial charge in [-0.3, -0.25) is 9.59 Å². The Morgan fingerprint density at radius 3 is 2.47 bits per heavy atom. The standard InChI is InChI=1S/C25H26N2O2S/c1-15-9-12-20-21(13-15)30-25(27-23(28)18-7-5-4-6-8-18)22(20)24(29)26-19-11-10-16(2)17(3)14-19/h4-8,10-11,14-15H,9,12-13H2,1-3H3,(H,26,29)(H,27,28)/t15-/m0/s1. The van der Waals surface area contributed by atoms with E-state index in [2.05, 4.69) is 24.5 Å². The van der Waals surface area contributed by atoms with Gasteiger partial charge in [0.1, 0.15) is 5.00 Å². The molecule has 0 aliphatic heterocycles. The van der Waals surface area contributed by atoms with E-state index in [1.54, 1.807) is 23.5 Å². The van der Waals surface area contributed by atoms with Crippen LogP contribution in [-0.4, -0.2) is 11.8 Å². The van der Waals surface area contributed by atoms with E-state index >= 15 is 0 Å². The summed E-state index contributed by atoms with van der Waals surface area (Å²) in [4.78, 5) is 27.3. The second-order valence-corrected chi connectivity index (χ2v) is 9.23. The number of aryl methyl sites for hydroxylation is 2. The van der Waals surface area contributed by atoms with Crippen molar-refractivity contribution in [2.24, 2.45) is 5.92 Å². The minimum absolute atomic E-state index is 0.159. The molecule has 1 heterocycles. The summed E-state index contributed by atoms with van der Waals surface area (Å²) in [5.41, 5.74) is 5.37. The zero-order chi connectivity index (χ0) is 21.3. The summed E-state index contributed by atoms with van der Waals surface area (Å²) >= 11 is 1.54. The van der Waals surface area contributed by atoms with Gasteiger partial charge in [0.25, 0.3) is 11.8 Å². The van der Waals surface area contributed by atoms with Crippen molar-refractivity contribution in [3.63, 3.8) is 0 Å². The Morgan fingerprint density at radius 1 is 0.967 bits per heavy atom. The van der Waals surface area contributed by atoms with Gasteiger partial charge >= 0.3 is 0 Å². The van der Waals surface area contributed by atoms with Crippen molar-refractivity contribution >= 4 is 33.8 Å². The molecule has 1 aromatic heterocycles. The first-order chi connectivity index (χ1) is 14.4. The molecule has 0 saturated heterocycles. The molecule has 2 aromatic carbocycles. The molecule has 2 N–H and O–H groups in total. The first kappa shape index (κ1) is 20.4. The Balaban J connectivity index is 1.67. The highest BCUT2D eigenvalue weighted by atomic mass is 32.1. The van der Waals surface area contributed by atoms with Gasteiger partial charge in [-0.1, -0.05) is 31.2 Å². The second kappa shape index (κ2) is 8.44. The van der Waals surface area contributed by atoms with Crippen LogP contribution in [0.1, 0.15) is 55.6 Å². The Hall–Kier alpha value is -2.92. The van der Waals surface area contributed by atoms with Gasteiger partial charge in [-0.2, -0.15) is 0 Å². The summed E-state index contributed by atoms with van der Waals surface area (Å²) in [6, 6.07) is 15.0. The maximum atomic E-state index is 13.3. The fraction of sp³-hybridized carbons (Fsp3) is 0.280. The van der Waals surface area contributed by atoms with Crippen LogP contribution in [0.3, 0.4) is 0 Å². The van der Waals surface area contributed by atoms with Gasteiger partial charge in [0.15, 0.2) is 0 Å². The van der Waals surface area contributed by atoms with Crippen LogP contribution in [0.15, 0.2) is 48.5 Å². The minimum Gasteiger partial charge on any atom is -0.322 e. The van der Waals surface area contributed by atoms with E-state index in [1.807, 2.05) is 43.3 Å². The molecule has 1 atom stereocenters. The number of rotatable bonds is 4. The highest BCUT2D eigenvalue weighted by Crippen LogP contribution is 2.40. The molecule has 30 heavy (non-hydrogen) atoms. The predicted molar refractivity (Wildman–Crippen MR) is 124 cm³/mol. The zero-order valence-electron chi connectivity index (χ0n) is 17.5. The molecule has 0 unspecified atom stereocenters. The normalized spacial score (nSPS) is 15.4. The Morgan fingerprint density at radius 2 is 1.73 bits per heavy atom. The van der Waals surface area contributed by atoms with Crippen LogP contribution in [-0.2, 0) is 12.8 Å². The summed E-state index contributed by atoms with van der Waals surface area (Å²) in [6.07, 6.45) is 2.87. The summed E-state index contributed by atoms with van der Waals surface area (Å²) in [7, 11) is 0. The smallest absolute Gasteiger partial charge is 0.258 e. The maximum Gasteiger partial charge on any atom is 0.258 e. The summed E-state index contributed by atoms with van der Waals surface area (Å²) in [5, 5.41) is 6.69. The molecule has 1 aliphatic carbocycles. The molecule has 5 heteroatoms. The number of carbonyl (C=O) groups excluding carboxylic acids is 2. The van der Waals surface area contributed by atoms with Gasteiger partial charge in [-0.25, -0.2) is 0 Å². The highest BCUT2D eigenvalue weighted by molar-refractivity contribution is 7.17. The number of hydrogen-bond acceptors (Lipinski definition) is 3. The number of hydrogen-bond donors (Lipinski definition) is 2. The van der Waals surface area contributed by atoms with Crippen molar-refractivity contribution in [2.75, 3.05) is 10.6 Å². The van der Waals surface area contributed by atoms with Crippen molar-refractivity contribution in [1.29, 1.82) is 0 Å². The van der Waals surface area contributed by atoms with Gasteiger partial charge in [0.2, 0.25) is 0 Å². The number of carbonyl (C=O) groups is 2. The first-order valence-corrected chi connectivity index (χ1v) is 11.1. The Labute approximate surface area is 181 Å². The average Bonchev–Trinajstić information content (AvgIpc) is 3.08. The minimum atomic E-state index is -0.192. The van der Waals surface area contributed by atoms with E-state index in [4.69, 9.17) is 0 Å². The molecule has 154 valence electrons. The lowest BCUT2D eigenvalue weighted by Crippen LogP contribution is -2.19. The quantitative estimate of drug-likeness (QED) is 0.546. The van der Waals surface area contributed by atoms with Gasteiger partial charge < -0.3 is 10.6 Å². The number of anilines is 2. The third-order valence-electron chi connectivity index (χ3n) is 5.77. The van der Waals surface area contributed by atoms with E-state index in [1.165, 1.54) is 10.4 Å². The molecule has 0 radical (unpaired) electrons. The number of fused-ring (bicyclic) bond motifs is 1. The Bertz CT molecular complexity index is 1100. The van der Waals surface area contributed by atoms with Crippen molar-refractivity contribution in [2.45, 2.75) is 40.0 Å². The SMILES string of the molecule is Cc1ccc(NC(=O)c2c(NC(=O)c3ccccc3)sc3c2CC[C@H](C)C3)cc1C. The average molecular weight is 419 g/mol. The fourth-order valence-corrected chi connectivity index (χ4v) is 5.26. The van der Waals surface area contributed by atoms with Crippen molar-refractivity contribution < 1.29 is 9.59 Å². The van der Waals surface area contributed by atoms with Crippen LogP contribution in [0.25, 0.3) is 0 Å². The van der Waals surface area contributed by atoms with Crippen LogP contribution in [0.2, 0.25) is 0 Å². The molecule has 4 rings (SSSR count). The molecule has 0 bridgehead atoms. The number of benzene rings is 2. The molecule has 0 saturated carbocycles. The van der Waals surface area contributed by atoms with Gasteiger partial charge in [0.05, 0.1) is 5.56 Å². The van der Waals surface area contributed by atoms with Gasteiger partial charge in [0, 0.05) is 16.1 Å². The van der Waals surface area contributed by atoms with Crippen LogP contribution in [0, 0.1) is 19.8 Å². The van der Waals surface area contributed by atoms with Crippen molar-refractivity contribution in [3.8, 4) is 0 Å². The van der Waals surface area contributed by atoms with Crippen LogP contribution in [0.5, 0.6) is 0 Å². The predicted octanol–water partition coefficient (Wildman–Crippen LogP) is 5.99. The summed E-state index contributed by atoms with van der Waals surface area (Å²) in [6.45, 7) is 6.32. The fourth-order valence-electron chi connectivity index (χ4n) is 3.86. The van der Waals surface area contributed by atoms with Gasteiger partial charge in [-0.15, -0.1) is 11.3 Å². The maximum absolute atomic E-state index is 13.3. The third-order valence-corrected chi connectivity index (χ3v) is 6.94. The molecule has 0 spiro atoms. The lowest BCUT2D eigenvalue weighted by atomic mass is 9.88. The first-order valence-electron chi connectivity index (χ1n) is 10.3. The molecular formula is C25H26N2O2S. The molecule has 2 amide bonds. The topological polar surface area (TPSA) is 58.2 Å². The third kappa shape index (κ3) is 4.17. The zero-order valence-corrected chi connectivity index (χ0v) is 18.4. The molecule has 3 aromatic rings. The lowest BCUT2D eigenvalue weighted by Gasteiger charge is -2.18. The van der Waals surface area contributed by atoms with E-state index in [-0.39, 0.29) is 11.8 Å². The van der Waals surface area contributed by atoms with E-state index < -0.39 is 0 Å². The van der Waals surface area contributed by atoms with E-state index in [9.17, 15) is 9.59 Å². The number of nitrogens with one attached hydrogen (secondary N) is 2. The largest absolute Gasteiger partial charge is 0.322 e. The number of amides is 2. The van der Waals surface area contributed by atoms with Gasteiger partial charge in [-0.05, 0) is 80.0 Å². The van der Waals surface area contributed by atoms with Crippen molar-refractivity contribution in [3.05, 3.63) is 81.2 Å². The molecule has 1 aliphatic rings. The summed E-state index contributed by atoms with van der Waals surface area (Å²) < 4.78 is 0. The molecule has 4 nitrogen and oxygen atoms in total. The number of thiophene rings is 1. The van der Waals surface area contributed by atoms with Crippen LogP contribution < -0.4 is 10.6 Å². The van der Waals surface area contributed by atoms with E-state index in [0.29, 0.717) is 22.0 Å². The summed E-state index contributed by atoms with van der Waals surface area (Å²) in [5.74, 6) is 0.237.